The summed E-state index contributed by atoms with van der Waals surface area (Å²) < 4.78 is 10.6. The molecule has 0 bridgehead atoms. The molecule has 0 unspecified atom stereocenters. The molecule has 0 aliphatic heterocycles. The van der Waals surface area contributed by atoms with Crippen molar-refractivity contribution in [3.8, 4) is 11.3 Å². The van der Waals surface area contributed by atoms with Crippen LogP contribution in [-0.2, 0) is 4.74 Å². The molecule has 0 aliphatic carbocycles. The summed E-state index contributed by atoms with van der Waals surface area (Å²) in [6.07, 6.45) is 0. The van der Waals surface area contributed by atoms with E-state index in [9.17, 15) is 14.9 Å². The first kappa shape index (κ1) is 16.7. The number of hydrogen-bond acceptors (Lipinski definition) is 6. The lowest BCUT2D eigenvalue weighted by Gasteiger charge is -2.04. The van der Waals surface area contributed by atoms with Crippen LogP contribution in [-0.4, -0.2) is 37.1 Å². The molecule has 1 aromatic carbocycles. The predicted molar refractivity (Wildman–Crippen MR) is 83.0 cm³/mol. The van der Waals surface area contributed by atoms with Crippen molar-refractivity contribution in [2.45, 2.75) is 0 Å². The molecule has 122 valence electrons. The van der Waals surface area contributed by atoms with Gasteiger partial charge in [0.2, 0.25) is 0 Å². The summed E-state index contributed by atoms with van der Waals surface area (Å²) in [5.41, 5.74) is 5.93. The highest BCUT2D eigenvalue weighted by Gasteiger charge is 2.12. The van der Waals surface area contributed by atoms with E-state index in [1.54, 1.807) is 24.3 Å². The van der Waals surface area contributed by atoms with Crippen LogP contribution < -0.4 is 11.1 Å². The maximum Gasteiger partial charge on any atom is 0.287 e. The van der Waals surface area contributed by atoms with Crippen molar-refractivity contribution in [2.75, 3.05) is 26.3 Å². The highest BCUT2D eigenvalue weighted by atomic mass is 16.6. The van der Waals surface area contributed by atoms with Crippen molar-refractivity contribution in [3.05, 3.63) is 52.3 Å². The summed E-state index contributed by atoms with van der Waals surface area (Å²) in [5.74, 6) is 0.274. The number of nitrogens with one attached hydrogen (secondary N) is 1. The van der Waals surface area contributed by atoms with E-state index < -0.39 is 4.92 Å². The second-order valence-electron chi connectivity index (χ2n) is 4.62. The fourth-order valence-electron chi connectivity index (χ4n) is 1.87. The lowest BCUT2D eigenvalue weighted by molar-refractivity contribution is -0.384. The molecule has 8 heteroatoms. The summed E-state index contributed by atoms with van der Waals surface area (Å²) in [7, 11) is 0. The van der Waals surface area contributed by atoms with Gasteiger partial charge >= 0.3 is 0 Å². The monoisotopic (exact) mass is 319 g/mol. The SMILES string of the molecule is NCCOCCNC(=O)c1ccc(-c2ccc([N+](=O)[O-])cc2)o1. The van der Waals surface area contributed by atoms with E-state index in [4.69, 9.17) is 14.9 Å². The molecule has 2 rings (SSSR count). The second-order valence-corrected chi connectivity index (χ2v) is 4.62. The molecule has 0 spiro atoms. The van der Waals surface area contributed by atoms with E-state index in [-0.39, 0.29) is 17.4 Å². The Hall–Kier alpha value is -2.71. The molecule has 0 aliphatic rings. The largest absolute Gasteiger partial charge is 0.451 e. The fraction of sp³-hybridized carbons (Fsp3) is 0.267. The molecule has 23 heavy (non-hydrogen) atoms. The zero-order valence-corrected chi connectivity index (χ0v) is 12.4. The standard InChI is InChI=1S/C15H17N3O5/c16-7-9-22-10-8-17-15(19)14-6-5-13(23-14)11-1-3-12(4-2-11)18(20)21/h1-6H,7-10,16H2,(H,17,19). The first-order chi connectivity index (χ1) is 11.1. The Labute approximate surface area is 132 Å². The van der Waals surface area contributed by atoms with Gasteiger partial charge in [0.05, 0.1) is 18.1 Å². The van der Waals surface area contributed by atoms with Crippen molar-refractivity contribution in [2.24, 2.45) is 5.73 Å². The number of hydrogen-bond donors (Lipinski definition) is 2. The smallest absolute Gasteiger partial charge is 0.287 e. The number of furan rings is 1. The zero-order valence-electron chi connectivity index (χ0n) is 12.4. The molecule has 0 saturated heterocycles. The topological polar surface area (TPSA) is 121 Å². The van der Waals surface area contributed by atoms with Gasteiger partial charge in [-0.05, 0) is 24.3 Å². The van der Waals surface area contributed by atoms with E-state index in [1.165, 1.54) is 12.1 Å². The van der Waals surface area contributed by atoms with Crippen LogP contribution in [0.5, 0.6) is 0 Å². The van der Waals surface area contributed by atoms with Crippen LogP contribution in [0.15, 0.2) is 40.8 Å². The minimum Gasteiger partial charge on any atom is -0.451 e. The fourth-order valence-corrected chi connectivity index (χ4v) is 1.87. The molecule has 3 N–H and O–H groups in total. The average molecular weight is 319 g/mol. The number of benzene rings is 1. The van der Waals surface area contributed by atoms with Gasteiger partial charge in [-0.1, -0.05) is 0 Å². The number of nitro groups is 1. The summed E-state index contributed by atoms with van der Waals surface area (Å²) in [5, 5.41) is 13.3. The van der Waals surface area contributed by atoms with Gasteiger partial charge in [0.1, 0.15) is 5.76 Å². The summed E-state index contributed by atoms with van der Waals surface area (Å²) in [6, 6.07) is 9.09. The van der Waals surface area contributed by atoms with Gasteiger partial charge in [-0.3, -0.25) is 14.9 Å². The molecule has 8 nitrogen and oxygen atoms in total. The van der Waals surface area contributed by atoms with Gasteiger partial charge in [-0.25, -0.2) is 0 Å². The summed E-state index contributed by atoms with van der Waals surface area (Å²) in [6.45, 7) is 1.61. The number of nitro benzene ring substituents is 1. The van der Waals surface area contributed by atoms with E-state index >= 15 is 0 Å². The van der Waals surface area contributed by atoms with E-state index in [0.717, 1.165) is 0 Å². The molecule has 1 heterocycles. The lowest BCUT2D eigenvalue weighted by atomic mass is 10.1. The van der Waals surface area contributed by atoms with Crippen LogP contribution in [0.2, 0.25) is 0 Å². The Balaban J connectivity index is 1.94. The number of nitrogens with zero attached hydrogens (tertiary/aromatic N) is 1. The number of carbonyl (C=O) groups excluding carboxylic acids is 1. The average Bonchev–Trinajstić information content (AvgIpc) is 3.04. The normalized spacial score (nSPS) is 10.5. The number of carbonyl (C=O) groups is 1. The molecule has 0 saturated carbocycles. The summed E-state index contributed by atoms with van der Waals surface area (Å²) >= 11 is 0. The Morgan fingerprint density at radius 3 is 2.61 bits per heavy atom. The van der Waals surface area contributed by atoms with Gasteiger partial charge in [0.25, 0.3) is 11.6 Å². The van der Waals surface area contributed by atoms with Gasteiger partial charge in [-0.15, -0.1) is 0 Å². The van der Waals surface area contributed by atoms with Crippen LogP contribution in [0.3, 0.4) is 0 Å². The first-order valence-electron chi connectivity index (χ1n) is 7.02. The van der Waals surface area contributed by atoms with Crippen molar-refractivity contribution in [1.82, 2.24) is 5.32 Å². The van der Waals surface area contributed by atoms with Crippen LogP contribution in [0.1, 0.15) is 10.6 Å². The third-order valence-corrected chi connectivity index (χ3v) is 2.99. The maximum absolute atomic E-state index is 11.9. The molecule has 2 aromatic rings. The maximum atomic E-state index is 11.9. The van der Waals surface area contributed by atoms with E-state index in [2.05, 4.69) is 5.32 Å². The number of amides is 1. The number of nitrogens with two attached hydrogens (primary N) is 1. The molecule has 0 radical (unpaired) electrons. The van der Waals surface area contributed by atoms with E-state index in [0.29, 0.717) is 37.6 Å². The van der Waals surface area contributed by atoms with E-state index in [1.807, 2.05) is 0 Å². The van der Waals surface area contributed by atoms with Gasteiger partial charge < -0.3 is 20.2 Å². The second kappa shape index (κ2) is 8.06. The Morgan fingerprint density at radius 1 is 1.22 bits per heavy atom. The Morgan fingerprint density at radius 2 is 1.96 bits per heavy atom. The van der Waals surface area contributed by atoms with Crippen LogP contribution in [0, 0.1) is 10.1 Å². The molecular weight excluding hydrogens is 302 g/mol. The highest BCUT2D eigenvalue weighted by molar-refractivity contribution is 5.92. The molecular formula is C15H17N3O5. The molecule has 0 fully saturated rings. The lowest BCUT2D eigenvalue weighted by Crippen LogP contribution is -2.27. The quantitative estimate of drug-likeness (QED) is 0.433. The number of non-ortho nitro benzene ring substituents is 1. The van der Waals surface area contributed by atoms with Crippen LogP contribution in [0.4, 0.5) is 5.69 Å². The van der Waals surface area contributed by atoms with Crippen LogP contribution in [0.25, 0.3) is 11.3 Å². The van der Waals surface area contributed by atoms with Gasteiger partial charge in [0.15, 0.2) is 5.76 Å². The Bertz CT molecular complexity index is 666. The minimum absolute atomic E-state index is 0.00393. The molecule has 1 aromatic heterocycles. The van der Waals surface area contributed by atoms with Crippen molar-refractivity contribution >= 4 is 11.6 Å². The van der Waals surface area contributed by atoms with Crippen molar-refractivity contribution in [1.29, 1.82) is 0 Å². The first-order valence-corrected chi connectivity index (χ1v) is 7.02. The third kappa shape index (κ3) is 4.63. The Kier molecular flexibility index (Phi) is 5.84. The van der Waals surface area contributed by atoms with Crippen molar-refractivity contribution < 1.29 is 18.9 Å². The minimum atomic E-state index is -0.475. The van der Waals surface area contributed by atoms with Crippen LogP contribution >= 0.6 is 0 Å². The highest BCUT2D eigenvalue weighted by Crippen LogP contribution is 2.24. The number of rotatable bonds is 8. The third-order valence-electron chi connectivity index (χ3n) is 2.99. The van der Waals surface area contributed by atoms with Crippen molar-refractivity contribution in [3.63, 3.8) is 0 Å². The molecule has 1 amide bonds. The molecule has 0 atom stereocenters. The summed E-state index contributed by atoms with van der Waals surface area (Å²) in [4.78, 5) is 22.0. The number of ether oxygens (including phenoxy) is 1. The van der Waals surface area contributed by atoms with Gasteiger partial charge in [-0.2, -0.15) is 0 Å². The predicted octanol–water partition coefficient (Wildman–Crippen LogP) is 1.56. The zero-order chi connectivity index (χ0) is 16.7. The van der Waals surface area contributed by atoms with Gasteiger partial charge in [0, 0.05) is 30.8 Å².